The Balaban J connectivity index is 2.46. The summed E-state index contributed by atoms with van der Waals surface area (Å²) in [6.07, 6.45) is 0.149. The summed E-state index contributed by atoms with van der Waals surface area (Å²) >= 11 is 8.55. The molecule has 2 rings (SSSR count). The fourth-order valence-electron chi connectivity index (χ4n) is 2.21. The number of imidazole rings is 1. The maximum absolute atomic E-state index is 6.25. The summed E-state index contributed by atoms with van der Waals surface area (Å²) in [5.74, 6) is 0.908. The number of hydrogen-bond acceptors (Lipinski definition) is 2. The second-order valence-electron chi connectivity index (χ2n) is 4.60. The highest BCUT2D eigenvalue weighted by molar-refractivity contribution is 14.1. The normalized spacial score (nSPS) is 14.8. The van der Waals surface area contributed by atoms with Gasteiger partial charge < -0.3 is 9.30 Å². The summed E-state index contributed by atoms with van der Waals surface area (Å²) in [5, 5.41) is -0.112. The molecule has 1 heterocycles. The number of ether oxygens (including phenoxy) is 1. The molecule has 3 nitrogen and oxygen atoms in total. The van der Waals surface area contributed by atoms with Gasteiger partial charge in [-0.3, -0.25) is 0 Å². The summed E-state index contributed by atoms with van der Waals surface area (Å²) in [6.45, 7) is 7.53. The summed E-state index contributed by atoms with van der Waals surface area (Å²) in [4.78, 5) is 4.66. The second-order valence-corrected chi connectivity index (χ2v) is 6.50. The summed E-state index contributed by atoms with van der Waals surface area (Å²) in [6, 6.07) is 6.28. The molecule has 1 aromatic heterocycles. The van der Waals surface area contributed by atoms with Crippen molar-refractivity contribution in [2.45, 2.75) is 38.8 Å². The fraction of sp³-hybridized carbons (Fsp3) is 0.500. The van der Waals surface area contributed by atoms with Crippen molar-refractivity contribution in [2.24, 2.45) is 0 Å². The van der Waals surface area contributed by atoms with Crippen molar-refractivity contribution >= 4 is 45.2 Å². The molecule has 2 unspecified atom stereocenters. The molecule has 1 aromatic carbocycles. The zero-order valence-electron chi connectivity index (χ0n) is 11.4. The zero-order valence-corrected chi connectivity index (χ0v) is 14.3. The van der Waals surface area contributed by atoms with Crippen LogP contribution in [0.5, 0.6) is 0 Å². The van der Waals surface area contributed by atoms with Crippen LogP contribution in [-0.2, 0) is 11.3 Å². The van der Waals surface area contributed by atoms with Crippen molar-refractivity contribution in [3.05, 3.63) is 27.6 Å². The SMILES string of the molecule is CCOC(C)Cn1c(C(C)Cl)nc2cc(I)ccc21. The average Bonchev–Trinajstić information content (AvgIpc) is 2.67. The lowest BCUT2D eigenvalue weighted by Gasteiger charge is -2.16. The molecule has 0 aliphatic rings. The molecule has 0 N–H and O–H groups in total. The molecular weight excluding hydrogens is 375 g/mol. The highest BCUT2D eigenvalue weighted by atomic mass is 127. The van der Waals surface area contributed by atoms with Crippen LogP contribution in [0.25, 0.3) is 11.0 Å². The van der Waals surface area contributed by atoms with E-state index in [0.717, 1.165) is 30.0 Å². The second kappa shape index (κ2) is 6.41. The van der Waals surface area contributed by atoms with Crippen molar-refractivity contribution < 1.29 is 4.74 Å². The maximum Gasteiger partial charge on any atom is 0.127 e. The van der Waals surface area contributed by atoms with Crippen LogP contribution < -0.4 is 0 Å². The summed E-state index contributed by atoms with van der Waals surface area (Å²) in [7, 11) is 0. The van der Waals surface area contributed by atoms with E-state index in [1.807, 2.05) is 13.8 Å². The average molecular weight is 393 g/mol. The molecule has 0 aliphatic carbocycles. The van der Waals surface area contributed by atoms with Crippen LogP contribution in [0.1, 0.15) is 32.0 Å². The van der Waals surface area contributed by atoms with Crippen molar-refractivity contribution in [2.75, 3.05) is 6.61 Å². The third-order valence-electron chi connectivity index (χ3n) is 2.99. The number of rotatable bonds is 5. The highest BCUT2D eigenvalue weighted by Crippen LogP contribution is 2.26. The van der Waals surface area contributed by atoms with Gasteiger partial charge in [0.25, 0.3) is 0 Å². The van der Waals surface area contributed by atoms with E-state index in [1.165, 1.54) is 3.57 Å². The van der Waals surface area contributed by atoms with Gasteiger partial charge in [-0.1, -0.05) is 0 Å². The Morgan fingerprint density at radius 1 is 1.42 bits per heavy atom. The first-order valence-electron chi connectivity index (χ1n) is 6.44. The van der Waals surface area contributed by atoms with Gasteiger partial charge in [0.15, 0.2) is 0 Å². The van der Waals surface area contributed by atoms with E-state index >= 15 is 0 Å². The van der Waals surface area contributed by atoms with Crippen molar-refractivity contribution in [3.8, 4) is 0 Å². The van der Waals surface area contributed by atoms with Crippen LogP contribution in [0, 0.1) is 3.57 Å². The first-order chi connectivity index (χ1) is 9.02. The standard InChI is InChI=1S/C14H18ClIN2O/c1-4-19-9(2)8-18-13-6-5-11(16)7-12(13)17-14(18)10(3)15/h5-7,9-10H,4,8H2,1-3H3. The molecule has 0 aliphatic heterocycles. The van der Waals surface area contributed by atoms with E-state index in [1.54, 1.807) is 0 Å². The molecule has 0 saturated heterocycles. The Morgan fingerprint density at radius 3 is 2.79 bits per heavy atom. The Bertz CT molecular complexity index is 568. The summed E-state index contributed by atoms with van der Waals surface area (Å²) in [5.41, 5.74) is 2.12. The summed E-state index contributed by atoms with van der Waals surface area (Å²) < 4.78 is 8.98. The van der Waals surface area contributed by atoms with Gasteiger partial charge in [-0.25, -0.2) is 4.98 Å². The lowest BCUT2D eigenvalue weighted by molar-refractivity contribution is 0.0642. The van der Waals surface area contributed by atoms with Crippen molar-refractivity contribution in [3.63, 3.8) is 0 Å². The molecular formula is C14H18ClIN2O. The van der Waals surface area contributed by atoms with Gasteiger partial charge >= 0.3 is 0 Å². The molecule has 0 fully saturated rings. The number of benzene rings is 1. The molecule has 0 saturated carbocycles. The molecule has 19 heavy (non-hydrogen) atoms. The lowest BCUT2D eigenvalue weighted by Crippen LogP contribution is -2.18. The van der Waals surface area contributed by atoms with Gasteiger partial charge in [0.2, 0.25) is 0 Å². The number of hydrogen-bond donors (Lipinski definition) is 0. The minimum Gasteiger partial charge on any atom is -0.377 e. The molecule has 0 spiro atoms. The lowest BCUT2D eigenvalue weighted by atomic mass is 10.3. The predicted molar refractivity (Wildman–Crippen MR) is 87.8 cm³/mol. The zero-order chi connectivity index (χ0) is 14.0. The number of alkyl halides is 1. The van der Waals surface area contributed by atoms with Gasteiger partial charge in [-0.2, -0.15) is 0 Å². The van der Waals surface area contributed by atoms with Gasteiger partial charge in [-0.05, 0) is 61.6 Å². The third kappa shape index (κ3) is 3.41. The van der Waals surface area contributed by atoms with E-state index in [0.29, 0.717) is 0 Å². The monoisotopic (exact) mass is 392 g/mol. The van der Waals surface area contributed by atoms with Crippen molar-refractivity contribution in [1.82, 2.24) is 9.55 Å². The Labute approximate surface area is 132 Å². The van der Waals surface area contributed by atoms with E-state index in [4.69, 9.17) is 16.3 Å². The predicted octanol–water partition coefficient (Wildman–Crippen LogP) is 4.37. The number of halogens is 2. The van der Waals surface area contributed by atoms with Gasteiger partial charge in [0.1, 0.15) is 5.82 Å². The van der Waals surface area contributed by atoms with E-state index < -0.39 is 0 Å². The van der Waals surface area contributed by atoms with Gasteiger partial charge in [0.05, 0.1) is 29.1 Å². The number of fused-ring (bicyclic) bond motifs is 1. The Hall–Kier alpha value is -0.330. The van der Waals surface area contributed by atoms with Crippen LogP contribution in [0.4, 0.5) is 0 Å². The van der Waals surface area contributed by atoms with E-state index in [-0.39, 0.29) is 11.5 Å². The van der Waals surface area contributed by atoms with Gasteiger partial charge in [-0.15, -0.1) is 11.6 Å². The van der Waals surface area contributed by atoms with E-state index in [9.17, 15) is 0 Å². The smallest absolute Gasteiger partial charge is 0.127 e. The quantitative estimate of drug-likeness (QED) is 0.558. The molecule has 0 radical (unpaired) electrons. The number of aromatic nitrogens is 2. The first kappa shape index (κ1) is 15.1. The topological polar surface area (TPSA) is 27.1 Å². The van der Waals surface area contributed by atoms with Crippen LogP contribution >= 0.6 is 34.2 Å². The van der Waals surface area contributed by atoms with Gasteiger partial charge in [0, 0.05) is 10.2 Å². The largest absolute Gasteiger partial charge is 0.377 e. The molecule has 2 atom stereocenters. The van der Waals surface area contributed by atoms with Crippen LogP contribution in [0.15, 0.2) is 18.2 Å². The van der Waals surface area contributed by atoms with Crippen molar-refractivity contribution in [1.29, 1.82) is 0 Å². The van der Waals surface area contributed by atoms with Crippen LogP contribution in [-0.4, -0.2) is 22.3 Å². The Morgan fingerprint density at radius 2 is 2.16 bits per heavy atom. The van der Waals surface area contributed by atoms with Crippen LogP contribution in [0.3, 0.4) is 0 Å². The molecule has 5 heteroatoms. The maximum atomic E-state index is 6.25. The Kier molecular flexibility index (Phi) is 5.09. The molecule has 0 amide bonds. The molecule has 0 bridgehead atoms. The van der Waals surface area contributed by atoms with Crippen LogP contribution in [0.2, 0.25) is 0 Å². The first-order valence-corrected chi connectivity index (χ1v) is 7.95. The minimum absolute atomic E-state index is 0.112. The van der Waals surface area contributed by atoms with E-state index in [2.05, 4.69) is 57.3 Å². The molecule has 104 valence electrons. The molecule has 2 aromatic rings. The fourth-order valence-corrected chi connectivity index (χ4v) is 2.85. The third-order valence-corrected chi connectivity index (χ3v) is 3.85. The minimum atomic E-state index is -0.112. The number of nitrogens with zero attached hydrogens (tertiary/aromatic N) is 2. The highest BCUT2D eigenvalue weighted by Gasteiger charge is 2.16.